The highest BCUT2D eigenvalue weighted by Crippen LogP contribution is 2.24. The molecule has 2 fully saturated rings. The van der Waals surface area contributed by atoms with Crippen LogP contribution in [0.25, 0.3) is 0 Å². The molecule has 4 nitrogen and oxygen atoms in total. The van der Waals surface area contributed by atoms with Crippen molar-refractivity contribution < 1.29 is 0 Å². The maximum atomic E-state index is 9.36. The fraction of sp³-hybridized carbons (Fsp3) is 0.941. The average molecular weight is 292 g/mol. The van der Waals surface area contributed by atoms with Crippen molar-refractivity contribution in [1.82, 2.24) is 15.1 Å². The molecule has 2 atom stereocenters. The Labute approximate surface area is 130 Å². The molecule has 1 saturated carbocycles. The molecule has 1 heterocycles. The lowest BCUT2D eigenvalue weighted by atomic mass is 9.96. The first-order valence-electron chi connectivity index (χ1n) is 8.60. The van der Waals surface area contributed by atoms with Gasteiger partial charge in [-0.05, 0) is 79.1 Å². The summed E-state index contributed by atoms with van der Waals surface area (Å²) in [5.74, 6) is 0. The Balaban J connectivity index is 1.58. The van der Waals surface area contributed by atoms with Gasteiger partial charge in [0.25, 0.3) is 0 Å². The highest BCUT2D eigenvalue weighted by molar-refractivity contribution is 5.06. The third-order valence-corrected chi connectivity index (χ3v) is 5.01. The third kappa shape index (κ3) is 5.58. The minimum Gasteiger partial charge on any atom is -0.305 e. The second-order valence-corrected chi connectivity index (χ2v) is 7.36. The van der Waals surface area contributed by atoms with Crippen molar-refractivity contribution in [2.75, 3.05) is 33.7 Å². The molecule has 4 heteroatoms. The largest absolute Gasteiger partial charge is 0.305 e. The molecule has 1 aliphatic carbocycles. The monoisotopic (exact) mass is 292 g/mol. The van der Waals surface area contributed by atoms with E-state index in [1.54, 1.807) is 0 Å². The first kappa shape index (κ1) is 16.7. The Bertz CT molecular complexity index is 360. The van der Waals surface area contributed by atoms with E-state index in [1.165, 1.54) is 45.2 Å². The molecule has 0 amide bonds. The highest BCUT2D eigenvalue weighted by atomic mass is 15.2. The van der Waals surface area contributed by atoms with Gasteiger partial charge in [0, 0.05) is 18.6 Å². The summed E-state index contributed by atoms with van der Waals surface area (Å²) in [5.41, 5.74) is -0.314. The molecule has 0 spiro atoms. The Morgan fingerprint density at radius 2 is 2.10 bits per heavy atom. The lowest BCUT2D eigenvalue weighted by Gasteiger charge is -2.26. The standard InChI is InChI=1S/C17H32N4/c1-17(14-18,19-15-8-9-15)10-4-5-11-20(2)13-16-7-6-12-21(16)3/h15-16,19H,4-13H2,1-3H3. The van der Waals surface area contributed by atoms with Crippen LogP contribution in [0.5, 0.6) is 0 Å². The van der Waals surface area contributed by atoms with Crippen LogP contribution < -0.4 is 5.32 Å². The zero-order valence-corrected chi connectivity index (χ0v) is 14.1. The molecule has 0 aromatic heterocycles. The van der Waals surface area contributed by atoms with Gasteiger partial charge >= 0.3 is 0 Å². The van der Waals surface area contributed by atoms with Crippen LogP contribution in [0, 0.1) is 11.3 Å². The summed E-state index contributed by atoms with van der Waals surface area (Å²) in [5, 5.41) is 12.8. The first-order valence-corrected chi connectivity index (χ1v) is 8.60. The van der Waals surface area contributed by atoms with Gasteiger partial charge in [-0.25, -0.2) is 0 Å². The van der Waals surface area contributed by atoms with E-state index < -0.39 is 0 Å². The SMILES string of the molecule is CN(CCCCC(C)(C#N)NC1CC1)CC1CCCN1C. The smallest absolute Gasteiger partial charge is 0.104 e. The van der Waals surface area contributed by atoms with Crippen molar-refractivity contribution in [2.45, 2.75) is 69.5 Å². The number of nitrogens with one attached hydrogen (secondary N) is 1. The van der Waals surface area contributed by atoms with Gasteiger partial charge in [-0.3, -0.25) is 5.32 Å². The second-order valence-electron chi connectivity index (χ2n) is 7.36. The number of unbranched alkanes of at least 4 members (excludes halogenated alkanes) is 1. The zero-order valence-electron chi connectivity index (χ0n) is 14.1. The van der Waals surface area contributed by atoms with Crippen LogP contribution in [0.4, 0.5) is 0 Å². The van der Waals surface area contributed by atoms with Crippen LogP contribution >= 0.6 is 0 Å². The molecule has 120 valence electrons. The molecule has 2 unspecified atom stereocenters. The van der Waals surface area contributed by atoms with Crippen LogP contribution in [0.1, 0.15) is 51.9 Å². The van der Waals surface area contributed by atoms with Gasteiger partial charge in [-0.15, -0.1) is 0 Å². The van der Waals surface area contributed by atoms with Gasteiger partial charge in [0.05, 0.1) is 6.07 Å². The number of hydrogen-bond donors (Lipinski definition) is 1. The average Bonchev–Trinajstić information content (AvgIpc) is 3.17. The van der Waals surface area contributed by atoms with Gasteiger partial charge in [0.15, 0.2) is 0 Å². The van der Waals surface area contributed by atoms with Crippen LogP contribution in [0.2, 0.25) is 0 Å². The molecule has 2 aliphatic rings. The van der Waals surface area contributed by atoms with Crippen molar-refractivity contribution in [3.63, 3.8) is 0 Å². The number of likely N-dealkylation sites (N-methyl/N-ethyl adjacent to an activating group) is 2. The molecule has 1 saturated heterocycles. The van der Waals surface area contributed by atoms with Gasteiger partial charge in [0.2, 0.25) is 0 Å². The number of nitriles is 1. The summed E-state index contributed by atoms with van der Waals surface area (Å²) in [6, 6.07) is 3.82. The Morgan fingerprint density at radius 1 is 1.33 bits per heavy atom. The normalized spacial score (nSPS) is 26.0. The minimum absolute atomic E-state index is 0.314. The molecule has 0 radical (unpaired) electrons. The maximum Gasteiger partial charge on any atom is 0.104 e. The van der Waals surface area contributed by atoms with Crippen molar-refractivity contribution in [1.29, 1.82) is 5.26 Å². The molecule has 0 bridgehead atoms. The Kier molecular flexibility index (Phi) is 6.04. The molecule has 0 aromatic carbocycles. The number of likely N-dealkylation sites (tertiary alicyclic amines) is 1. The molecule has 1 N–H and O–H groups in total. The molecule has 1 aliphatic heterocycles. The summed E-state index contributed by atoms with van der Waals surface area (Å²) >= 11 is 0. The number of nitrogens with zero attached hydrogens (tertiary/aromatic N) is 3. The molecule has 0 aromatic rings. The highest BCUT2D eigenvalue weighted by Gasteiger charge is 2.31. The number of hydrogen-bond acceptors (Lipinski definition) is 4. The Morgan fingerprint density at radius 3 is 2.67 bits per heavy atom. The molecule has 21 heavy (non-hydrogen) atoms. The van der Waals surface area contributed by atoms with E-state index in [0.717, 1.165) is 25.4 Å². The fourth-order valence-electron chi connectivity index (χ4n) is 3.36. The van der Waals surface area contributed by atoms with Crippen molar-refractivity contribution >= 4 is 0 Å². The van der Waals surface area contributed by atoms with Crippen molar-refractivity contribution in [2.24, 2.45) is 0 Å². The second kappa shape index (κ2) is 7.58. The van der Waals surface area contributed by atoms with E-state index in [-0.39, 0.29) is 5.54 Å². The van der Waals surface area contributed by atoms with Gasteiger partial charge in [-0.2, -0.15) is 5.26 Å². The predicted octanol–water partition coefficient (Wildman–Crippen LogP) is 2.22. The maximum absolute atomic E-state index is 9.36. The third-order valence-electron chi connectivity index (χ3n) is 5.01. The van der Waals surface area contributed by atoms with Crippen LogP contribution in [-0.2, 0) is 0 Å². The predicted molar refractivity (Wildman–Crippen MR) is 87.2 cm³/mol. The van der Waals surface area contributed by atoms with Crippen LogP contribution in [0.3, 0.4) is 0 Å². The van der Waals surface area contributed by atoms with Gasteiger partial charge in [-0.1, -0.05) is 0 Å². The van der Waals surface area contributed by atoms with Crippen LogP contribution in [-0.4, -0.2) is 61.2 Å². The van der Waals surface area contributed by atoms with Crippen molar-refractivity contribution in [3.05, 3.63) is 0 Å². The minimum atomic E-state index is -0.314. The van der Waals surface area contributed by atoms with E-state index in [0.29, 0.717) is 6.04 Å². The lowest BCUT2D eigenvalue weighted by molar-refractivity contribution is 0.216. The zero-order chi connectivity index (χ0) is 15.3. The van der Waals surface area contributed by atoms with E-state index >= 15 is 0 Å². The van der Waals surface area contributed by atoms with Gasteiger partial charge < -0.3 is 9.80 Å². The van der Waals surface area contributed by atoms with Gasteiger partial charge in [0.1, 0.15) is 5.54 Å². The molecular weight excluding hydrogens is 260 g/mol. The quantitative estimate of drug-likeness (QED) is 0.662. The topological polar surface area (TPSA) is 42.3 Å². The van der Waals surface area contributed by atoms with E-state index in [4.69, 9.17) is 0 Å². The van der Waals surface area contributed by atoms with E-state index in [9.17, 15) is 5.26 Å². The van der Waals surface area contributed by atoms with E-state index in [1.807, 2.05) is 0 Å². The summed E-state index contributed by atoms with van der Waals surface area (Å²) in [6.45, 7) is 5.65. The molecular formula is C17H32N4. The Hall–Kier alpha value is -0.630. The van der Waals surface area contributed by atoms with Crippen molar-refractivity contribution in [3.8, 4) is 6.07 Å². The summed E-state index contributed by atoms with van der Waals surface area (Å²) in [7, 11) is 4.48. The summed E-state index contributed by atoms with van der Waals surface area (Å²) < 4.78 is 0. The molecule has 2 rings (SSSR count). The lowest BCUT2D eigenvalue weighted by Crippen LogP contribution is -2.42. The van der Waals surface area contributed by atoms with Crippen LogP contribution in [0.15, 0.2) is 0 Å². The first-order chi connectivity index (χ1) is 10.0. The summed E-state index contributed by atoms with van der Waals surface area (Å²) in [4.78, 5) is 4.95. The van der Waals surface area contributed by atoms with E-state index in [2.05, 4.69) is 42.2 Å². The summed E-state index contributed by atoms with van der Waals surface area (Å²) in [6.07, 6.45) is 8.48. The fourth-order valence-corrected chi connectivity index (χ4v) is 3.36. The number of rotatable bonds is 9.